The minimum absolute atomic E-state index is 0.126. The first kappa shape index (κ1) is 19.8. The number of nitrogens with zero attached hydrogens (tertiary/aromatic N) is 1. The number of carboxylic acid groups (broad SMARTS) is 1. The Bertz CT molecular complexity index is 789. The van der Waals surface area contributed by atoms with Crippen molar-refractivity contribution in [1.29, 1.82) is 0 Å². The normalized spacial score (nSPS) is 16.9. The van der Waals surface area contributed by atoms with Gasteiger partial charge < -0.3 is 9.84 Å². The fourth-order valence-electron chi connectivity index (χ4n) is 3.66. The second kappa shape index (κ2) is 8.85. The highest BCUT2D eigenvalue weighted by Gasteiger charge is 2.31. The number of hydrogen-bond acceptors (Lipinski definition) is 3. The number of piperidine rings is 1. The van der Waals surface area contributed by atoms with Gasteiger partial charge in [-0.15, -0.1) is 0 Å². The molecule has 1 atom stereocenters. The number of carboxylic acids is 1. The number of likely N-dealkylation sites (tertiary alicyclic amines) is 1. The van der Waals surface area contributed by atoms with Gasteiger partial charge in [-0.2, -0.15) is 0 Å². The standard InChI is InChI=1S/C21H23BrFNO3/c1-2-27-19-8-5-16(22)13-18(19)20(14-3-6-17(23)7-4-14)24-11-9-15(10-12-24)21(25)26/h3-8,13,15,20H,2,9-12H2,1H3,(H,25,26). The van der Waals surface area contributed by atoms with E-state index in [9.17, 15) is 14.3 Å². The van der Waals surface area contributed by atoms with E-state index in [0.29, 0.717) is 32.5 Å². The van der Waals surface area contributed by atoms with Gasteiger partial charge >= 0.3 is 5.97 Å². The van der Waals surface area contributed by atoms with Crippen LogP contribution in [0.25, 0.3) is 0 Å². The Morgan fingerprint density at radius 2 is 1.93 bits per heavy atom. The smallest absolute Gasteiger partial charge is 0.306 e. The summed E-state index contributed by atoms with van der Waals surface area (Å²) in [5.74, 6) is -0.522. The van der Waals surface area contributed by atoms with Crippen molar-refractivity contribution in [3.8, 4) is 5.75 Å². The molecule has 1 unspecified atom stereocenters. The molecule has 1 aliphatic rings. The Labute approximate surface area is 167 Å². The molecule has 3 rings (SSSR count). The molecule has 2 aromatic carbocycles. The van der Waals surface area contributed by atoms with Gasteiger partial charge in [0.2, 0.25) is 0 Å². The third-order valence-electron chi connectivity index (χ3n) is 5.00. The van der Waals surface area contributed by atoms with Crippen LogP contribution in [0.4, 0.5) is 4.39 Å². The lowest BCUT2D eigenvalue weighted by atomic mass is 9.91. The first-order chi connectivity index (χ1) is 13.0. The van der Waals surface area contributed by atoms with Crippen LogP contribution < -0.4 is 4.74 Å². The van der Waals surface area contributed by atoms with Gasteiger partial charge in [0.15, 0.2) is 0 Å². The van der Waals surface area contributed by atoms with Crippen LogP contribution in [0.1, 0.15) is 36.9 Å². The highest BCUT2D eigenvalue weighted by molar-refractivity contribution is 9.10. The zero-order valence-corrected chi connectivity index (χ0v) is 16.8. The molecule has 0 aliphatic carbocycles. The lowest BCUT2D eigenvalue weighted by Crippen LogP contribution is -2.39. The van der Waals surface area contributed by atoms with Crippen molar-refractivity contribution in [3.63, 3.8) is 0 Å². The van der Waals surface area contributed by atoms with E-state index < -0.39 is 5.97 Å². The summed E-state index contributed by atoms with van der Waals surface area (Å²) in [6.45, 7) is 3.82. The van der Waals surface area contributed by atoms with E-state index in [1.165, 1.54) is 12.1 Å². The molecular formula is C21H23BrFNO3. The van der Waals surface area contributed by atoms with Crippen LogP contribution in [-0.2, 0) is 4.79 Å². The minimum Gasteiger partial charge on any atom is -0.494 e. The van der Waals surface area contributed by atoms with E-state index in [-0.39, 0.29) is 17.8 Å². The number of carbonyl (C=O) groups is 1. The van der Waals surface area contributed by atoms with E-state index >= 15 is 0 Å². The lowest BCUT2D eigenvalue weighted by Gasteiger charge is -2.37. The van der Waals surface area contributed by atoms with Crippen LogP contribution in [0.2, 0.25) is 0 Å². The number of ether oxygens (including phenoxy) is 1. The molecule has 0 bridgehead atoms. The maximum atomic E-state index is 13.5. The van der Waals surface area contributed by atoms with Crippen LogP contribution in [0.3, 0.4) is 0 Å². The molecule has 1 N–H and O–H groups in total. The van der Waals surface area contributed by atoms with Gasteiger partial charge in [0.05, 0.1) is 18.6 Å². The van der Waals surface area contributed by atoms with Crippen LogP contribution in [-0.4, -0.2) is 35.7 Å². The van der Waals surface area contributed by atoms with Crippen molar-refractivity contribution in [1.82, 2.24) is 4.90 Å². The fraction of sp³-hybridized carbons (Fsp3) is 0.381. The number of hydrogen-bond donors (Lipinski definition) is 1. The van der Waals surface area contributed by atoms with Gasteiger partial charge in [0.25, 0.3) is 0 Å². The maximum absolute atomic E-state index is 13.5. The summed E-state index contributed by atoms with van der Waals surface area (Å²) in [7, 11) is 0. The predicted octanol–water partition coefficient (Wildman–Crippen LogP) is 4.87. The predicted molar refractivity (Wildman–Crippen MR) is 105 cm³/mol. The first-order valence-electron chi connectivity index (χ1n) is 9.14. The molecule has 1 saturated heterocycles. The number of halogens is 2. The SMILES string of the molecule is CCOc1ccc(Br)cc1C(c1ccc(F)cc1)N1CCC(C(=O)O)CC1. The molecule has 2 aromatic rings. The summed E-state index contributed by atoms with van der Waals surface area (Å²) in [5.41, 5.74) is 1.95. The summed E-state index contributed by atoms with van der Waals surface area (Å²) in [6.07, 6.45) is 1.20. The molecule has 0 saturated carbocycles. The summed E-state index contributed by atoms with van der Waals surface area (Å²) < 4.78 is 20.3. The van der Waals surface area contributed by atoms with Crippen molar-refractivity contribution in [2.45, 2.75) is 25.8 Å². The average Bonchev–Trinajstić information content (AvgIpc) is 2.66. The molecule has 1 heterocycles. The van der Waals surface area contributed by atoms with Gasteiger partial charge in [-0.1, -0.05) is 28.1 Å². The fourth-order valence-corrected chi connectivity index (χ4v) is 4.04. The highest BCUT2D eigenvalue weighted by Crippen LogP contribution is 2.38. The Kier molecular flexibility index (Phi) is 6.50. The number of benzene rings is 2. The van der Waals surface area contributed by atoms with Gasteiger partial charge in [-0.3, -0.25) is 9.69 Å². The van der Waals surface area contributed by atoms with Crippen molar-refractivity contribution in [2.75, 3.05) is 19.7 Å². The van der Waals surface area contributed by atoms with Gasteiger partial charge in [-0.25, -0.2) is 4.39 Å². The molecule has 1 fully saturated rings. The highest BCUT2D eigenvalue weighted by atomic mass is 79.9. The molecule has 0 amide bonds. The van der Waals surface area contributed by atoms with Crippen molar-refractivity contribution in [2.24, 2.45) is 5.92 Å². The molecular weight excluding hydrogens is 413 g/mol. The molecule has 0 radical (unpaired) electrons. The molecule has 27 heavy (non-hydrogen) atoms. The van der Waals surface area contributed by atoms with E-state index in [0.717, 1.165) is 21.3 Å². The number of aliphatic carboxylic acids is 1. The Balaban J connectivity index is 2.00. The summed E-state index contributed by atoms with van der Waals surface area (Å²) >= 11 is 3.54. The minimum atomic E-state index is -0.731. The summed E-state index contributed by atoms with van der Waals surface area (Å²) in [4.78, 5) is 13.6. The third-order valence-corrected chi connectivity index (χ3v) is 5.49. The lowest BCUT2D eigenvalue weighted by molar-refractivity contribution is -0.143. The largest absolute Gasteiger partial charge is 0.494 e. The van der Waals surface area contributed by atoms with E-state index in [1.54, 1.807) is 12.1 Å². The van der Waals surface area contributed by atoms with Crippen molar-refractivity contribution in [3.05, 3.63) is 63.9 Å². The zero-order chi connectivity index (χ0) is 19.4. The maximum Gasteiger partial charge on any atom is 0.306 e. The van der Waals surface area contributed by atoms with E-state index in [1.807, 2.05) is 25.1 Å². The quantitative estimate of drug-likeness (QED) is 0.702. The Morgan fingerprint density at radius 3 is 2.52 bits per heavy atom. The Morgan fingerprint density at radius 1 is 1.26 bits per heavy atom. The second-order valence-corrected chi connectivity index (χ2v) is 7.63. The Hall–Kier alpha value is -1.92. The van der Waals surface area contributed by atoms with Crippen molar-refractivity contribution >= 4 is 21.9 Å². The first-order valence-corrected chi connectivity index (χ1v) is 9.93. The van der Waals surface area contributed by atoms with Gasteiger partial charge in [0, 0.05) is 10.0 Å². The second-order valence-electron chi connectivity index (χ2n) is 6.72. The van der Waals surface area contributed by atoms with E-state index in [2.05, 4.69) is 20.8 Å². The van der Waals surface area contributed by atoms with E-state index in [4.69, 9.17) is 4.74 Å². The van der Waals surface area contributed by atoms with Crippen LogP contribution >= 0.6 is 15.9 Å². The number of rotatable bonds is 6. The van der Waals surface area contributed by atoms with Crippen LogP contribution in [0.5, 0.6) is 5.75 Å². The van der Waals surface area contributed by atoms with Gasteiger partial charge in [0.1, 0.15) is 11.6 Å². The van der Waals surface area contributed by atoms with Crippen LogP contribution in [0, 0.1) is 11.7 Å². The molecule has 0 aromatic heterocycles. The summed E-state index contributed by atoms with van der Waals surface area (Å²) in [5, 5.41) is 9.29. The molecule has 4 nitrogen and oxygen atoms in total. The molecule has 1 aliphatic heterocycles. The topological polar surface area (TPSA) is 49.8 Å². The molecule has 6 heteroatoms. The van der Waals surface area contributed by atoms with Crippen molar-refractivity contribution < 1.29 is 19.0 Å². The molecule has 0 spiro atoms. The average molecular weight is 436 g/mol. The zero-order valence-electron chi connectivity index (χ0n) is 15.2. The van der Waals surface area contributed by atoms with Crippen LogP contribution in [0.15, 0.2) is 46.9 Å². The molecule has 144 valence electrons. The third kappa shape index (κ3) is 4.68. The monoisotopic (exact) mass is 435 g/mol. The summed E-state index contributed by atoms with van der Waals surface area (Å²) in [6, 6.07) is 12.3. The van der Waals surface area contributed by atoms with Gasteiger partial charge in [-0.05, 0) is 68.8 Å².